The maximum absolute atomic E-state index is 8.67. The number of hydrogen-bond donors (Lipinski definition) is 1. The molecule has 0 saturated carbocycles. The van der Waals surface area contributed by atoms with E-state index in [1.807, 2.05) is 0 Å². The van der Waals surface area contributed by atoms with Crippen LogP contribution in [0, 0.1) is 11.5 Å². The van der Waals surface area contributed by atoms with Gasteiger partial charge in [-0.2, -0.15) is 0 Å². The predicted molar refractivity (Wildman–Crippen MR) is 51.5 cm³/mol. The molecule has 1 aliphatic heterocycles. The van der Waals surface area contributed by atoms with Crippen molar-refractivity contribution in [1.29, 1.82) is 0 Å². The fourth-order valence-corrected chi connectivity index (χ4v) is 1.57. The molecular formula is C9H16O2Si. The molecule has 0 aromatic rings. The third-order valence-corrected chi connectivity index (χ3v) is 2.56. The first-order valence-electron chi connectivity index (χ1n) is 4.29. The molecule has 0 aromatic heterocycles. The molecule has 1 aliphatic rings. The second-order valence-corrected chi connectivity index (χ2v) is 8.90. The van der Waals surface area contributed by atoms with Crippen molar-refractivity contribution >= 4 is 8.07 Å². The SMILES string of the molecule is C[Si](C)(C)C#CC[C@@H]1O[C@H]1CO. The second kappa shape index (κ2) is 3.61. The highest BCUT2D eigenvalue weighted by Crippen LogP contribution is 2.23. The largest absolute Gasteiger partial charge is 0.394 e. The molecule has 2 atom stereocenters. The second-order valence-electron chi connectivity index (χ2n) is 4.15. The summed E-state index contributed by atoms with van der Waals surface area (Å²) in [5, 5.41) is 8.67. The zero-order valence-corrected chi connectivity index (χ0v) is 8.92. The Morgan fingerprint density at radius 1 is 1.33 bits per heavy atom. The van der Waals surface area contributed by atoms with Crippen molar-refractivity contribution in [2.45, 2.75) is 38.3 Å². The lowest BCUT2D eigenvalue weighted by molar-refractivity contribution is 0.242. The molecule has 0 spiro atoms. The minimum Gasteiger partial charge on any atom is -0.394 e. The molecule has 0 unspecified atom stereocenters. The summed E-state index contributed by atoms with van der Waals surface area (Å²) in [5.41, 5.74) is 3.27. The molecule has 0 amide bonds. The Labute approximate surface area is 74.9 Å². The van der Waals surface area contributed by atoms with Gasteiger partial charge in [-0.05, 0) is 0 Å². The van der Waals surface area contributed by atoms with Gasteiger partial charge in [-0.25, -0.2) is 0 Å². The Kier molecular flexibility index (Phi) is 2.94. The molecule has 1 N–H and O–H groups in total. The van der Waals surface area contributed by atoms with Crippen molar-refractivity contribution < 1.29 is 9.84 Å². The summed E-state index contributed by atoms with van der Waals surface area (Å²) in [5.74, 6) is 3.13. The van der Waals surface area contributed by atoms with Gasteiger partial charge in [0, 0.05) is 6.42 Å². The van der Waals surface area contributed by atoms with Gasteiger partial charge in [0.2, 0.25) is 0 Å². The van der Waals surface area contributed by atoms with Crippen molar-refractivity contribution in [2.24, 2.45) is 0 Å². The van der Waals surface area contributed by atoms with Crippen molar-refractivity contribution in [3.8, 4) is 11.5 Å². The van der Waals surface area contributed by atoms with Crippen molar-refractivity contribution in [1.82, 2.24) is 0 Å². The van der Waals surface area contributed by atoms with Gasteiger partial charge in [-0.1, -0.05) is 19.6 Å². The molecule has 12 heavy (non-hydrogen) atoms. The molecule has 0 aromatic carbocycles. The summed E-state index contributed by atoms with van der Waals surface area (Å²) in [6.45, 7) is 6.80. The van der Waals surface area contributed by atoms with E-state index in [-0.39, 0.29) is 18.8 Å². The van der Waals surface area contributed by atoms with E-state index in [1.165, 1.54) is 0 Å². The first-order valence-corrected chi connectivity index (χ1v) is 7.79. The van der Waals surface area contributed by atoms with E-state index >= 15 is 0 Å². The Morgan fingerprint density at radius 3 is 2.42 bits per heavy atom. The Morgan fingerprint density at radius 2 is 2.00 bits per heavy atom. The normalized spacial score (nSPS) is 27.7. The maximum atomic E-state index is 8.67. The van der Waals surface area contributed by atoms with Gasteiger partial charge in [0.15, 0.2) is 0 Å². The Hall–Kier alpha value is -0.303. The standard InChI is InChI=1S/C9H16O2Si/c1-12(2,3)6-4-5-8-9(7-10)11-8/h8-10H,5,7H2,1-3H3/t8-,9-/m0/s1. The average molecular weight is 184 g/mol. The van der Waals surface area contributed by atoms with Crippen molar-refractivity contribution in [2.75, 3.05) is 6.61 Å². The lowest BCUT2D eigenvalue weighted by atomic mass is 10.2. The van der Waals surface area contributed by atoms with Crippen LogP contribution in [0.15, 0.2) is 0 Å². The zero-order chi connectivity index (χ0) is 9.19. The number of ether oxygens (including phenoxy) is 1. The molecule has 3 heteroatoms. The minimum absolute atomic E-state index is 0.0703. The molecule has 1 saturated heterocycles. The molecule has 0 radical (unpaired) electrons. The van der Waals surface area contributed by atoms with Crippen molar-refractivity contribution in [3.63, 3.8) is 0 Å². The van der Waals surface area contributed by atoms with Crippen LogP contribution in [0.3, 0.4) is 0 Å². The average Bonchev–Trinajstić information content (AvgIpc) is 2.64. The fraction of sp³-hybridized carbons (Fsp3) is 0.778. The van der Waals surface area contributed by atoms with Crippen LogP contribution < -0.4 is 0 Å². The molecule has 68 valence electrons. The summed E-state index contributed by atoms with van der Waals surface area (Å²) < 4.78 is 5.14. The molecule has 2 nitrogen and oxygen atoms in total. The quantitative estimate of drug-likeness (QED) is 0.395. The zero-order valence-electron chi connectivity index (χ0n) is 7.92. The van der Waals surface area contributed by atoms with E-state index in [0.29, 0.717) is 0 Å². The summed E-state index contributed by atoms with van der Waals surface area (Å²) in [7, 11) is -1.21. The van der Waals surface area contributed by atoms with E-state index in [4.69, 9.17) is 9.84 Å². The van der Waals surface area contributed by atoms with Crippen LogP contribution in [0.5, 0.6) is 0 Å². The monoisotopic (exact) mass is 184 g/mol. The molecule has 0 aliphatic carbocycles. The van der Waals surface area contributed by atoms with E-state index in [1.54, 1.807) is 0 Å². The van der Waals surface area contributed by atoms with Crippen LogP contribution in [-0.2, 0) is 4.74 Å². The van der Waals surface area contributed by atoms with E-state index in [0.717, 1.165) is 6.42 Å². The van der Waals surface area contributed by atoms with Gasteiger partial charge in [0.25, 0.3) is 0 Å². The molecule has 1 heterocycles. The van der Waals surface area contributed by atoms with E-state index < -0.39 is 8.07 Å². The number of aliphatic hydroxyl groups excluding tert-OH is 1. The van der Waals surface area contributed by atoms with Crippen LogP contribution in [0.4, 0.5) is 0 Å². The molecule has 1 rings (SSSR count). The number of epoxide rings is 1. The first-order chi connectivity index (χ1) is 5.53. The highest BCUT2D eigenvalue weighted by atomic mass is 28.3. The van der Waals surface area contributed by atoms with Gasteiger partial charge in [-0.15, -0.1) is 11.5 Å². The number of aliphatic hydroxyl groups is 1. The number of rotatable bonds is 2. The maximum Gasteiger partial charge on any atom is 0.129 e. The molecule has 1 fully saturated rings. The van der Waals surface area contributed by atoms with E-state index in [9.17, 15) is 0 Å². The van der Waals surface area contributed by atoms with Crippen LogP contribution >= 0.6 is 0 Å². The van der Waals surface area contributed by atoms with Crippen LogP contribution in [-0.4, -0.2) is 32.0 Å². The molecular weight excluding hydrogens is 168 g/mol. The summed E-state index contributed by atoms with van der Waals surface area (Å²) in [6, 6.07) is 0. The topological polar surface area (TPSA) is 32.8 Å². The van der Waals surface area contributed by atoms with Gasteiger partial charge < -0.3 is 9.84 Å². The highest BCUT2D eigenvalue weighted by molar-refractivity contribution is 6.83. The highest BCUT2D eigenvalue weighted by Gasteiger charge is 2.36. The van der Waals surface area contributed by atoms with Crippen LogP contribution in [0.2, 0.25) is 19.6 Å². The smallest absolute Gasteiger partial charge is 0.129 e. The Bertz CT molecular complexity index is 209. The number of hydrogen-bond acceptors (Lipinski definition) is 2. The van der Waals surface area contributed by atoms with Gasteiger partial charge >= 0.3 is 0 Å². The van der Waals surface area contributed by atoms with Gasteiger partial charge in [-0.3, -0.25) is 0 Å². The summed E-state index contributed by atoms with van der Waals surface area (Å²) >= 11 is 0. The van der Waals surface area contributed by atoms with Crippen LogP contribution in [0.1, 0.15) is 6.42 Å². The van der Waals surface area contributed by atoms with Crippen molar-refractivity contribution in [3.05, 3.63) is 0 Å². The third kappa shape index (κ3) is 3.40. The minimum atomic E-state index is -1.21. The van der Waals surface area contributed by atoms with Crippen LogP contribution in [0.25, 0.3) is 0 Å². The predicted octanol–water partition coefficient (Wildman–Crippen LogP) is 1.02. The van der Waals surface area contributed by atoms with E-state index in [2.05, 4.69) is 31.1 Å². The lowest BCUT2D eigenvalue weighted by Gasteiger charge is -2.02. The summed E-state index contributed by atoms with van der Waals surface area (Å²) in [4.78, 5) is 0. The lowest BCUT2D eigenvalue weighted by Crippen LogP contribution is -2.16. The summed E-state index contributed by atoms with van der Waals surface area (Å²) in [6.07, 6.45) is 1.06. The fourth-order valence-electron chi connectivity index (χ4n) is 0.936. The van der Waals surface area contributed by atoms with Gasteiger partial charge in [0.1, 0.15) is 14.2 Å². The first kappa shape index (κ1) is 9.78. The van der Waals surface area contributed by atoms with Gasteiger partial charge in [0.05, 0.1) is 12.7 Å². The molecule has 0 bridgehead atoms. The Balaban J connectivity index is 2.21. The third-order valence-electron chi connectivity index (χ3n) is 1.63.